The molecule has 0 unspecified atom stereocenters. The predicted octanol–water partition coefficient (Wildman–Crippen LogP) is 1.81. The third-order valence-electron chi connectivity index (χ3n) is 3.50. The molecule has 1 aliphatic rings. The molecule has 1 saturated heterocycles. The maximum absolute atomic E-state index is 4.34. The van der Waals surface area contributed by atoms with E-state index in [1.54, 1.807) is 0 Å². The van der Waals surface area contributed by atoms with Gasteiger partial charge in [0.15, 0.2) is 0 Å². The Morgan fingerprint density at radius 1 is 1.22 bits per heavy atom. The van der Waals surface area contributed by atoms with Crippen LogP contribution in [0.2, 0.25) is 0 Å². The van der Waals surface area contributed by atoms with Crippen molar-refractivity contribution in [2.45, 2.75) is 26.4 Å². The lowest BCUT2D eigenvalue weighted by atomic mass is 10.3. The van der Waals surface area contributed by atoms with Crippen molar-refractivity contribution in [3.63, 3.8) is 0 Å². The van der Waals surface area contributed by atoms with Crippen molar-refractivity contribution in [2.75, 3.05) is 38.1 Å². The average Bonchev–Trinajstić information content (AvgIpc) is 2.71. The molecule has 0 amide bonds. The maximum Gasteiger partial charge on any atom is 0.0534 e. The van der Waals surface area contributed by atoms with Crippen LogP contribution in [0.25, 0.3) is 0 Å². The molecule has 18 heavy (non-hydrogen) atoms. The second-order valence-corrected chi connectivity index (χ2v) is 5.66. The van der Waals surface area contributed by atoms with E-state index in [0.717, 1.165) is 18.4 Å². The molecule has 0 radical (unpaired) electrons. The zero-order valence-electron chi connectivity index (χ0n) is 11.2. The SMILES string of the molecule is CCn1cc(CN2CCCN(CCBr)CC2)cn1. The van der Waals surface area contributed by atoms with Crippen LogP contribution in [0.15, 0.2) is 12.4 Å². The van der Waals surface area contributed by atoms with Crippen molar-refractivity contribution >= 4 is 15.9 Å². The van der Waals surface area contributed by atoms with Gasteiger partial charge in [0.1, 0.15) is 0 Å². The smallest absolute Gasteiger partial charge is 0.0534 e. The summed E-state index contributed by atoms with van der Waals surface area (Å²) >= 11 is 3.52. The van der Waals surface area contributed by atoms with E-state index >= 15 is 0 Å². The van der Waals surface area contributed by atoms with E-state index in [9.17, 15) is 0 Å². The Hall–Kier alpha value is -0.390. The van der Waals surface area contributed by atoms with Gasteiger partial charge < -0.3 is 4.90 Å². The molecular formula is C13H23BrN4. The third kappa shape index (κ3) is 4.07. The van der Waals surface area contributed by atoms with E-state index in [-0.39, 0.29) is 0 Å². The predicted molar refractivity (Wildman–Crippen MR) is 78.0 cm³/mol. The second-order valence-electron chi connectivity index (χ2n) is 4.86. The van der Waals surface area contributed by atoms with Gasteiger partial charge >= 0.3 is 0 Å². The monoisotopic (exact) mass is 314 g/mol. The van der Waals surface area contributed by atoms with Crippen molar-refractivity contribution in [3.8, 4) is 0 Å². The summed E-state index contributed by atoms with van der Waals surface area (Å²) in [6.07, 6.45) is 5.45. The van der Waals surface area contributed by atoms with Crippen molar-refractivity contribution in [1.82, 2.24) is 19.6 Å². The number of hydrogen-bond donors (Lipinski definition) is 0. The minimum atomic E-state index is 0.957. The van der Waals surface area contributed by atoms with Gasteiger partial charge in [0, 0.05) is 49.8 Å². The Morgan fingerprint density at radius 2 is 2.00 bits per heavy atom. The molecule has 0 N–H and O–H groups in total. The number of rotatable bonds is 5. The number of alkyl halides is 1. The highest BCUT2D eigenvalue weighted by Gasteiger charge is 2.14. The fourth-order valence-electron chi connectivity index (χ4n) is 2.44. The van der Waals surface area contributed by atoms with Crippen LogP contribution in [0.4, 0.5) is 0 Å². The quantitative estimate of drug-likeness (QED) is 0.775. The molecular weight excluding hydrogens is 292 g/mol. The van der Waals surface area contributed by atoms with E-state index < -0.39 is 0 Å². The summed E-state index contributed by atoms with van der Waals surface area (Å²) in [5.74, 6) is 0. The molecule has 0 bridgehead atoms. The first-order valence-corrected chi connectivity index (χ1v) is 7.96. The van der Waals surface area contributed by atoms with Crippen LogP contribution in [-0.2, 0) is 13.1 Å². The largest absolute Gasteiger partial charge is 0.301 e. The number of aryl methyl sites for hydroxylation is 1. The van der Waals surface area contributed by atoms with Crippen LogP contribution in [0.3, 0.4) is 0 Å². The summed E-state index contributed by atoms with van der Waals surface area (Å²) < 4.78 is 2.00. The van der Waals surface area contributed by atoms with Crippen LogP contribution >= 0.6 is 15.9 Å². The van der Waals surface area contributed by atoms with Crippen LogP contribution in [0.1, 0.15) is 18.9 Å². The van der Waals surface area contributed by atoms with Crippen molar-refractivity contribution < 1.29 is 0 Å². The van der Waals surface area contributed by atoms with Gasteiger partial charge in [0.2, 0.25) is 0 Å². The Kier molecular flexibility index (Phi) is 5.66. The fourth-order valence-corrected chi connectivity index (χ4v) is 2.95. The summed E-state index contributed by atoms with van der Waals surface area (Å²) in [4.78, 5) is 5.09. The van der Waals surface area contributed by atoms with E-state index in [1.807, 2.05) is 10.9 Å². The summed E-state index contributed by atoms with van der Waals surface area (Å²) in [5.41, 5.74) is 1.34. The molecule has 102 valence electrons. The van der Waals surface area contributed by atoms with E-state index in [4.69, 9.17) is 0 Å². The fraction of sp³-hybridized carbons (Fsp3) is 0.769. The highest BCUT2D eigenvalue weighted by atomic mass is 79.9. The summed E-state index contributed by atoms with van der Waals surface area (Å²) in [5, 5.41) is 5.42. The first kappa shape index (κ1) is 14.0. The second kappa shape index (κ2) is 7.26. The molecule has 1 aromatic rings. The molecule has 1 aliphatic heterocycles. The lowest BCUT2D eigenvalue weighted by Gasteiger charge is -2.20. The number of aromatic nitrogens is 2. The summed E-state index contributed by atoms with van der Waals surface area (Å²) in [6.45, 7) is 10.1. The molecule has 0 saturated carbocycles. The number of nitrogens with zero attached hydrogens (tertiary/aromatic N) is 4. The lowest BCUT2D eigenvalue weighted by Crippen LogP contribution is -2.31. The highest BCUT2D eigenvalue weighted by Crippen LogP contribution is 2.08. The van der Waals surface area contributed by atoms with Crippen LogP contribution < -0.4 is 0 Å². The Labute approximate surface area is 118 Å². The van der Waals surface area contributed by atoms with Crippen molar-refractivity contribution in [1.29, 1.82) is 0 Å². The Morgan fingerprint density at radius 3 is 2.72 bits per heavy atom. The van der Waals surface area contributed by atoms with E-state index in [0.29, 0.717) is 0 Å². The van der Waals surface area contributed by atoms with Gasteiger partial charge in [-0.3, -0.25) is 9.58 Å². The first-order chi connectivity index (χ1) is 8.81. The first-order valence-electron chi connectivity index (χ1n) is 6.84. The Balaban J connectivity index is 1.82. The normalized spacial score (nSPS) is 19.0. The molecule has 2 rings (SSSR count). The molecule has 0 spiro atoms. The van der Waals surface area contributed by atoms with Gasteiger partial charge in [-0.2, -0.15) is 5.10 Å². The highest BCUT2D eigenvalue weighted by molar-refractivity contribution is 9.09. The van der Waals surface area contributed by atoms with Crippen molar-refractivity contribution in [3.05, 3.63) is 18.0 Å². The van der Waals surface area contributed by atoms with E-state index in [1.165, 1.54) is 44.7 Å². The summed E-state index contributed by atoms with van der Waals surface area (Å²) in [7, 11) is 0. The minimum absolute atomic E-state index is 0.957. The zero-order valence-corrected chi connectivity index (χ0v) is 12.8. The standard InChI is InChI=1S/C13H23BrN4/c1-2-18-12-13(10-15-18)11-17-6-3-5-16(7-4-14)8-9-17/h10,12H,2-9,11H2,1H3. The van der Waals surface area contributed by atoms with Gasteiger partial charge in [-0.1, -0.05) is 15.9 Å². The zero-order chi connectivity index (χ0) is 12.8. The molecule has 0 atom stereocenters. The molecule has 1 aromatic heterocycles. The lowest BCUT2D eigenvalue weighted by molar-refractivity contribution is 0.258. The Bertz CT molecular complexity index is 353. The molecule has 1 fully saturated rings. The average molecular weight is 315 g/mol. The topological polar surface area (TPSA) is 24.3 Å². The van der Waals surface area contributed by atoms with Gasteiger partial charge in [-0.05, 0) is 26.4 Å². The molecule has 5 heteroatoms. The van der Waals surface area contributed by atoms with E-state index in [2.05, 4.69) is 43.9 Å². The van der Waals surface area contributed by atoms with Gasteiger partial charge in [0.05, 0.1) is 6.20 Å². The summed E-state index contributed by atoms with van der Waals surface area (Å²) in [6, 6.07) is 0. The van der Waals surface area contributed by atoms with Crippen LogP contribution in [-0.4, -0.2) is 57.6 Å². The number of halogens is 1. The molecule has 2 heterocycles. The maximum atomic E-state index is 4.34. The van der Waals surface area contributed by atoms with Crippen LogP contribution in [0, 0.1) is 0 Å². The van der Waals surface area contributed by atoms with Gasteiger partial charge in [-0.15, -0.1) is 0 Å². The number of hydrogen-bond acceptors (Lipinski definition) is 3. The van der Waals surface area contributed by atoms with Gasteiger partial charge in [0.25, 0.3) is 0 Å². The minimum Gasteiger partial charge on any atom is -0.301 e. The third-order valence-corrected chi connectivity index (χ3v) is 3.85. The molecule has 0 aromatic carbocycles. The molecule has 4 nitrogen and oxygen atoms in total. The van der Waals surface area contributed by atoms with Crippen molar-refractivity contribution in [2.24, 2.45) is 0 Å². The van der Waals surface area contributed by atoms with Crippen LogP contribution in [0.5, 0.6) is 0 Å². The molecule has 0 aliphatic carbocycles. The van der Waals surface area contributed by atoms with Gasteiger partial charge in [-0.25, -0.2) is 0 Å².